The summed E-state index contributed by atoms with van der Waals surface area (Å²) in [4.78, 5) is 14.6. The van der Waals surface area contributed by atoms with Gasteiger partial charge in [0.05, 0.1) is 12.6 Å². The molecule has 1 unspecified atom stereocenters. The molecule has 2 aromatic rings. The van der Waals surface area contributed by atoms with Crippen molar-refractivity contribution in [3.05, 3.63) is 64.7 Å². The van der Waals surface area contributed by atoms with E-state index < -0.39 is 0 Å². The first-order valence-electron chi connectivity index (χ1n) is 8.02. The number of amides is 1. The summed E-state index contributed by atoms with van der Waals surface area (Å²) in [6, 6.07) is 15.9. The van der Waals surface area contributed by atoms with E-state index in [2.05, 4.69) is 28.4 Å². The van der Waals surface area contributed by atoms with Crippen LogP contribution in [-0.2, 0) is 11.2 Å². The van der Waals surface area contributed by atoms with E-state index in [0.29, 0.717) is 11.6 Å². The summed E-state index contributed by atoms with van der Waals surface area (Å²) < 4.78 is 0. The number of hydrogen-bond donors (Lipinski definition) is 1. The molecular formula is C19H21ClN2O. The average Bonchev–Trinajstić information content (AvgIpc) is 2.55. The Hall–Kier alpha value is -2.00. The van der Waals surface area contributed by atoms with Crippen molar-refractivity contribution in [1.82, 2.24) is 5.32 Å². The molecule has 3 rings (SSSR count). The van der Waals surface area contributed by atoms with Gasteiger partial charge in [0.2, 0.25) is 5.91 Å². The highest BCUT2D eigenvalue weighted by atomic mass is 35.5. The molecule has 1 amide bonds. The van der Waals surface area contributed by atoms with Crippen LogP contribution in [-0.4, -0.2) is 19.0 Å². The third-order valence-electron chi connectivity index (χ3n) is 4.29. The van der Waals surface area contributed by atoms with E-state index >= 15 is 0 Å². The molecule has 23 heavy (non-hydrogen) atoms. The maximum absolute atomic E-state index is 12.4. The van der Waals surface area contributed by atoms with Crippen molar-refractivity contribution >= 4 is 23.2 Å². The number of para-hydroxylation sites is 1. The summed E-state index contributed by atoms with van der Waals surface area (Å²) in [7, 11) is 0. The molecule has 4 heteroatoms. The Morgan fingerprint density at radius 1 is 1.22 bits per heavy atom. The number of halogens is 1. The summed E-state index contributed by atoms with van der Waals surface area (Å²) in [5, 5.41) is 3.73. The third-order valence-corrected chi connectivity index (χ3v) is 4.63. The minimum absolute atomic E-state index is 0.0223. The van der Waals surface area contributed by atoms with E-state index in [1.165, 1.54) is 11.3 Å². The van der Waals surface area contributed by atoms with Crippen LogP contribution in [0.25, 0.3) is 0 Å². The van der Waals surface area contributed by atoms with Crippen LogP contribution in [0, 0.1) is 0 Å². The second kappa shape index (κ2) is 7.05. The lowest BCUT2D eigenvalue weighted by Gasteiger charge is -2.31. The van der Waals surface area contributed by atoms with Gasteiger partial charge in [-0.25, -0.2) is 0 Å². The molecule has 2 aromatic carbocycles. The first-order chi connectivity index (χ1) is 11.1. The highest BCUT2D eigenvalue weighted by Crippen LogP contribution is 2.26. The molecule has 0 spiro atoms. The maximum atomic E-state index is 12.4. The fourth-order valence-corrected chi connectivity index (χ4v) is 3.44. The molecule has 0 saturated carbocycles. The number of anilines is 1. The molecule has 1 aliphatic heterocycles. The summed E-state index contributed by atoms with van der Waals surface area (Å²) in [5.41, 5.74) is 3.45. The molecule has 1 heterocycles. The van der Waals surface area contributed by atoms with E-state index in [9.17, 15) is 4.79 Å². The van der Waals surface area contributed by atoms with Crippen LogP contribution in [0.15, 0.2) is 48.5 Å². The Morgan fingerprint density at radius 3 is 2.78 bits per heavy atom. The van der Waals surface area contributed by atoms with Gasteiger partial charge in [0.1, 0.15) is 0 Å². The highest BCUT2D eigenvalue weighted by molar-refractivity contribution is 6.31. The molecule has 3 nitrogen and oxygen atoms in total. The monoisotopic (exact) mass is 328 g/mol. The lowest BCUT2D eigenvalue weighted by atomic mass is 10.0. The predicted octanol–water partition coefficient (Wildman–Crippen LogP) is 3.97. The molecule has 1 aliphatic rings. The number of rotatable bonds is 4. The fourth-order valence-electron chi connectivity index (χ4n) is 3.14. The van der Waals surface area contributed by atoms with Gasteiger partial charge < -0.3 is 10.2 Å². The summed E-state index contributed by atoms with van der Waals surface area (Å²) >= 11 is 6.20. The van der Waals surface area contributed by atoms with Crippen molar-refractivity contribution in [2.24, 2.45) is 0 Å². The number of aryl methyl sites for hydroxylation is 1. The number of fused-ring (bicyclic) bond motifs is 1. The van der Waals surface area contributed by atoms with Gasteiger partial charge in [0.15, 0.2) is 0 Å². The zero-order chi connectivity index (χ0) is 16.2. The number of carbonyl (C=O) groups is 1. The van der Waals surface area contributed by atoms with E-state index in [4.69, 9.17) is 11.6 Å². The van der Waals surface area contributed by atoms with Crippen molar-refractivity contribution in [3.63, 3.8) is 0 Å². The summed E-state index contributed by atoms with van der Waals surface area (Å²) in [6.07, 6.45) is 2.18. The van der Waals surface area contributed by atoms with Crippen LogP contribution < -0.4 is 10.2 Å². The molecule has 0 saturated heterocycles. The van der Waals surface area contributed by atoms with E-state index in [-0.39, 0.29) is 11.9 Å². The topological polar surface area (TPSA) is 32.3 Å². The molecule has 0 radical (unpaired) electrons. The minimum atomic E-state index is -0.101. The molecule has 1 N–H and O–H groups in total. The molecule has 120 valence electrons. The summed E-state index contributed by atoms with van der Waals surface area (Å²) in [5.74, 6) is 0.0223. The zero-order valence-corrected chi connectivity index (χ0v) is 14.0. The van der Waals surface area contributed by atoms with Crippen molar-refractivity contribution < 1.29 is 4.79 Å². The van der Waals surface area contributed by atoms with Crippen LogP contribution >= 0.6 is 11.6 Å². The van der Waals surface area contributed by atoms with Crippen molar-refractivity contribution in [2.45, 2.75) is 25.8 Å². The van der Waals surface area contributed by atoms with Gasteiger partial charge in [0, 0.05) is 17.3 Å². The van der Waals surface area contributed by atoms with Gasteiger partial charge in [-0.3, -0.25) is 4.79 Å². The fraction of sp³-hybridized carbons (Fsp3) is 0.316. The second-order valence-corrected chi connectivity index (χ2v) is 6.37. The molecule has 0 aromatic heterocycles. The SMILES string of the molecule is CC(NC(=O)CN1CCCc2ccccc21)c1ccccc1Cl. The van der Waals surface area contributed by atoms with Crippen LogP contribution in [0.1, 0.15) is 30.5 Å². The summed E-state index contributed by atoms with van der Waals surface area (Å²) in [6.45, 7) is 3.26. The number of benzene rings is 2. The smallest absolute Gasteiger partial charge is 0.239 e. The standard InChI is InChI=1S/C19H21ClN2O/c1-14(16-9-3-4-10-17(16)20)21-19(23)13-22-12-6-8-15-7-2-5-11-18(15)22/h2-5,7,9-11,14H,6,8,12-13H2,1H3,(H,21,23). The van der Waals surface area contributed by atoms with Gasteiger partial charge in [-0.2, -0.15) is 0 Å². The largest absolute Gasteiger partial charge is 0.362 e. The van der Waals surface area contributed by atoms with Gasteiger partial charge in [-0.15, -0.1) is 0 Å². The Balaban J connectivity index is 1.65. The average molecular weight is 329 g/mol. The van der Waals surface area contributed by atoms with Crippen LogP contribution in [0.4, 0.5) is 5.69 Å². The van der Waals surface area contributed by atoms with Crippen LogP contribution in [0.3, 0.4) is 0 Å². The normalized spacial score (nSPS) is 15.0. The lowest BCUT2D eigenvalue weighted by molar-refractivity contribution is -0.120. The minimum Gasteiger partial charge on any atom is -0.362 e. The van der Waals surface area contributed by atoms with Gasteiger partial charge in [-0.05, 0) is 43.0 Å². The Labute approximate surface area is 142 Å². The first-order valence-corrected chi connectivity index (χ1v) is 8.39. The highest BCUT2D eigenvalue weighted by Gasteiger charge is 2.20. The maximum Gasteiger partial charge on any atom is 0.239 e. The zero-order valence-electron chi connectivity index (χ0n) is 13.3. The second-order valence-electron chi connectivity index (χ2n) is 5.96. The first kappa shape index (κ1) is 15.9. The quantitative estimate of drug-likeness (QED) is 0.921. The van der Waals surface area contributed by atoms with Crippen molar-refractivity contribution in [2.75, 3.05) is 18.0 Å². The van der Waals surface area contributed by atoms with E-state index in [1.807, 2.05) is 37.3 Å². The number of nitrogens with one attached hydrogen (secondary N) is 1. The number of hydrogen-bond acceptors (Lipinski definition) is 2. The van der Waals surface area contributed by atoms with E-state index in [1.54, 1.807) is 0 Å². The van der Waals surface area contributed by atoms with Crippen molar-refractivity contribution in [3.8, 4) is 0 Å². The Kier molecular flexibility index (Phi) is 4.87. The van der Waals surface area contributed by atoms with Gasteiger partial charge in [0.25, 0.3) is 0 Å². The predicted molar refractivity (Wildman–Crippen MR) is 95.0 cm³/mol. The van der Waals surface area contributed by atoms with Gasteiger partial charge in [-0.1, -0.05) is 48.0 Å². The van der Waals surface area contributed by atoms with Gasteiger partial charge >= 0.3 is 0 Å². The molecule has 1 atom stereocenters. The number of carbonyl (C=O) groups excluding carboxylic acids is 1. The Bertz CT molecular complexity index is 701. The van der Waals surface area contributed by atoms with Crippen LogP contribution in [0.2, 0.25) is 5.02 Å². The third kappa shape index (κ3) is 3.67. The molecular weight excluding hydrogens is 308 g/mol. The number of nitrogens with zero attached hydrogens (tertiary/aromatic N) is 1. The van der Waals surface area contributed by atoms with Crippen LogP contribution in [0.5, 0.6) is 0 Å². The van der Waals surface area contributed by atoms with E-state index in [0.717, 1.165) is 24.9 Å². The molecule has 0 fully saturated rings. The molecule has 0 bridgehead atoms. The van der Waals surface area contributed by atoms with Crippen molar-refractivity contribution in [1.29, 1.82) is 0 Å². The lowest BCUT2D eigenvalue weighted by Crippen LogP contribution is -2.40. The molecule has 0 aliphatic carbocycles. The Morgan fingerprint density at radius 2 is 1.96 bits per heavy atom.